The number of carbonyl (C=O) groups excluding carboxylic acids is 1. The van der Waals surface area contributed by atoms with Crippen LogP contribution in [-0.2, 0) is 9.53 Å². The number of ether oxygens (including phenoxy) is 2. The topological polar surface area (TPSA) is 84.9 Å². The van der Waals surface area contributed by atoms with Gasteiger partial charge in [-0.15, -0.1) is 0 Å². The number of benzene rings is 1. The van der Waals surface area contributed by atoms with Crippen molar-refractivity contribution in [3.05, 3.63) is 23.8 Å². The summed E-state index contributed by atoms with van der Waals surface area (Å²) >= 11 is 0. The molecule has 6 nitrogen and oxygen atoms in total. The summed E-state index contributed by atoms with van der Waals surface area (Å²) in [5.74, 6) is -1.03. The van der Waals surface area contributed by atoms with Crippen LogP contribution in [-0.4, -0.2) is 36.3 Å². The number of amides is 1. The highest BCUT2D eigenvalue weighted by Crippen LogP contribution is 2.39. The standard InChI is InChI=1S/C15H17NO5/c1-20-13-6-8(2-4-10(13)15(18)19)16-14(17)11-7-9-3-5-12(11)21-9/h2,4,6,9,11-12H,3,5,7H2,1H3,(H,16,17)(H,18,19)/t9-,11+,12-/m1/s1. The third-order valence-electron chi connectivity index (χ3n) is 4.14. The quantitative estimate of drug-likeness (QED) is 0.885. The number of rotatable bonds is 4. The smallest absolute Gasteiger partial charge is 0.339 e. The Morgan fingerprint density at radius 1 is 1.38 bits per heavy atom. The molecule has 0 aliphatic carbocycles. The van der Waals surface area contributed by atoms with E-state index in [9.17, 15) is 9.59 Å². The highest BCUT2D eigenvalue weighted by molar-refractivity contribution is 5.95. The number of carbonyl (C=O) groups is 2. The van der Waals surface area contributed by atoms with Gasteiger partial charge in [0.1, 0.15) is 11.3 Å². The number of nitrogens with one attached hydrogen (secondary N) is 1. The molecule has 21 heavy (non-hydrogen) atoms. The number of fused-ring (bicyclic) bond motifs is 2. The maximum absolute atomic E-state index is 12.3. The second kappa shape index (κ2) is 5.37. The van der Waals surface area contributed by atoms with Crippen LogP contribution in [0.4, 0.5) is 5.69 Å². The normalized spacial score (nSPS) is 26.6. The molecule has 2 heterocycles. The van der Waals surface area contributed by atoms with Crippen molar-refractivity contribution in [3.8, 4) is 5.75 Å². The lowest BCUT2D eigenvalue weighted by atomic mass is 9.88. The first-order valence-corrected chi connectivity index (χ1v) is 6.96. The Morgan fingerprint density at radius 2 is 2.19 bits per heavy atom. The number of hydrogen-bond acceptors (Lipinski definition) is 4. The van der Waals surface area contributed by atoms with Crippen molar-refractivity contribution in [2.75, 3.05) is 12.4 Å². The number of aromatic carboxylic acids is 1. The number of hydrogen-bond donors (Lipinski definition) is 2. The van der Waals surface area contributed by atoms with Gasteiger partial charge in [-0.2, -0.15) is 0 Å². The first-order chi connectivity index (χ1) is 10.1. The Hall–Kier alpha value is -2.08. The molecular formula is C15H17NO5. The minimum Gasteiger partial charge on any atom is -0.496 e. The molecule has 2 fully saturated rings. The van der Waals surface area contributed by atoms with E-state index in [2.05, 4.69) is 5.32 Å². The van der Waals surface area contributed by atoms with Gasteiger partial charge in [-0.3, -0.25) is 4.79 Å². The van der Waals surface area contributed by atoms with Crippen LogP contribution in [0.15, 0.2) is 18.2 Å². The van der Waals surface area contributed by atoms with Crippen molar-refractivity contribution in [2.24, 2.45) is 5.92 Å². The van der Waals surface area contributed by atoms with Crippen LogP contribution in [0.2, 0.25) is 0 Å². The molecule has 0 saturated carbocycles. The van der Waals surface area contributed by atoms with Crippen LogP contribution in [0.3, 0.4) is 0 Å². The van der Waals surface area contributed by atoms with Crippen LogP contribution in [0.5, 0.6) is 5.75 Å². The van der Waals surface area contributed by atoms with Gasteiger partial charge in [-0.1, -0.05) is 0 Å². The second-order valence-corrected chi connectivity index (χ2v) is 5.43. The third-order valence-corrected chi connectivity index (χ3v) is 4.14. The second-order valence-electron chi connectivity index (χ2n) is 5.43. The van der Waals surface area contributed by atoms with E-state index in [4.69, 9.17) is 14.6 Å². The summed E-state index contributed by atoms with van der Waals surface area (Å²) in [5.41, 5.74) is 0.600. The summed E-state index contributed by atoms with van der Waals surface area (Å²) in [7, 11) is 1.40. The zero-order valence-electron chi connectivity index (χ0n) is 11.7. The molecule has 2 bridgehead atoms. The van der Waals surface area contributed by atoms with Gasteiger partial charge in [0.2, 0.25) is 5.91 Å². The Morgan fingerprint density at radius 3 is 2.76 bits per heavy atom. The molecule has 0 aromatic heterocycles. The maximum atomic E-state index is 12.3. The molecule has 1 amide bonds. The van der Waals surface area contributed by atoms with Gasteiger partial charge in [-0.05, 0) is 31.4 Å². The minimum absolute atomic E-state index is 0.0233. The van der Waals surface area contributed by atoms with E-state index in [0.29, 0.717) is 5.69 Å². The summed E-state index contributed by atoms with van der Waals surface area (Å²) in [5, 5.41) is 11.8. The summed E-state index contributed by atoms with van der Waals surface area (Å²) in [4.78, 5) is 23.3. The Bertz CT molecular complexity index is 585. The van der Waals surface area contributed by atoms with Gasteiger partial charge in [-0.25, -0.2) is 4.79 Å². The predicted octanol–water partition coefficient (Wildman–Crippen LogP) is 1.90. The van der Waals surface area contributed by atoms with Crippen LogP contribution in [0.1, 0.15) is 29.6 Å². The van der Waals surface area contributed by atoms with Crippen molar-refractivity contribution >= 4 is 17.6 Å². The lowest BCUT2D eigenvalue weighted by Crippen LogP contribution is -2.30. The highest BCUT2D eigenvalue weighted by Gasteiger charge is 2.44. The Labute approximate surface area is 122 Å². The van der Waals surface area contributed by atoms with E-state index in [-0.39, 0.29) is 35.3 Å². The van der Waals surface area contributed by atoms with E-state index >= 15 is 0 Å². The van der Waals surface area contributed by atoms with Crippen LogP contribution in [0.25, 0.3) is 0 Å². The van der Waals surface area contributed by atoms with Gasteiger partial charge in [0.15, 0.2) is 0 Å². The van der Waals surface area contributed by atoms with Gasteiger partial charge >= 0.3 is 5.97 Å². The minimum atomic E-state index is -1.06. The SMILES string of the molecule is COc1cc(NC(=O)[C@H]2C[C@H]3CC[C@H]2O3)ccc1C(=O)O. The first-order valence-electron chi connectivity index (χ1n) is 6.96. The molecule has 1 aromatic rings. The van der Waals surface area contributed by atoms with Crippen molar-refractivity contribution in [1.29, 1.82) is 0 Å². The van der Waals surface area contributed by atoms with E-state index < -0.39 is 5.97 Å². The molecule has 112 valence electrons. The summed E-state index contributed by atoms with van der Waals surface area (Å²) in [6.45, 7) is 0. The molecule has 0 radical (unpaired) electrons. The summed E-state index contributed by atoms with van der Waals surface area (Å²) < 4.78 is 10.7. The molecule has 6 heteroatoms. The van der Waals surface area contributed by atoms with Gasteiger partial charge in [0.05, 0.1) is 25.2 Å². The maximum Gasteiger partial charge on any atom is 0.339 e. The third kappa shape index (κ3) is 2.58. The van der Waals surface area contributed by atoms with Crippen LogP contribution >= 0.6 is 0 Å². The lowest BCUT2D eigenvalue weighted by Gasteiger charge is -2.18. The van der Waals surface area contributed by atoms with Gasteiger partial charge in [0, 0.05) is 11.8 Å². The molecule has 1 aromatic carbocycles. The monoisotopic (exact) mass is 291 g/mol. The molecule has 2 aliphatic rings. The predicted molar refractivity (Wildman–Crippen MR) is 74.6 cm³/mol. The molecule has 0 spiro atoms. The molecule has 2 N–H and O–H groups in total. The number of methoxy groups -OCH3 is 1. The van der Waals surface area contributed by atoms with Gasteiger partial charge in [0.25, 0.3) is 0 Å². The van der Waals surface area contributed by atoms with Crippen molar-refractivity contribution in [2.45, 2.75) is 31.5 Å². The van der Waals surface area contributed by atoms with Crippen molar-refractivity contribution in [1.82, 2.24) is 0 Å². The Balaban J connectivity index is 1.73. The van der Waals surface area contributed by atoms with E-state index in [0.717, 1.165) is 19.3 Å². The van der Waals surface area contributed by atoms with Gasteiger partial charge < -0.3 is 19.9 Å². The molecule has 2 saturated heterocycles. The number of carboxylic acid groups (broad SMARTS) is 1. The fourth-order valence-corrected chi connectivity index (χ4v) is 3.09. The first kappa shape index (κ1) is 13.9. The molecule has 3 rings (SSSR count). The molecule has 2 aliphatic heterocycles. The van der Waals surface area contributed by atoms with E-state index in [1.807, 2.05) is 0 Å². The van der Waals surface area contributed by atoms with Crippen molar-refractivity contribution < 1.29 is 24.2 Å². The lowest BCUT2D eigenvalue weighted by molar-refractivity contribution is -0.121. The fourth-order valence-electron chi connectivity index (χ4n) is 3.09. The number of anilines is 1. The molecule has 3 atom stereocenters. The molecular weight excluding hydrogens is 274 g/mol. The average molecular weight is 291 g/mol. The van der Waals surface area contributed by atoms with Crippen LogP contribution < -0.4 is 10.1 Å². The fraction of sp³-hybridized carbons (Fsp3) is 0.467. The zero-order chi connectivity index (χ0) is 15.0. The Kier molecular flexibility index (Phi) is 3.55. The summed E-state index contributed by atoms with van der Waals surface area (Å²) in [6, 6.07) is 4.52. The zero-order valence-corrected chi connectivity index (χ0v) is 11.7. The number of carboxylic acids is 1. The van der Waals surface area contributed by atoms with Crippen LogP contribution in [0, 0.1) is 5.92 Å². The van der Waals surface area contributed by atoms with E-state index in [1.165, 1.54) is 19.2 Å². The highest BCUT2D eigenvalue weighted by atomic mass is 16.5. The summed E-state index contributed by atoms with van der Waals surface area (Å²) in [6.07, 6.45) is 2.98. The van der Waals surface area contributed by atoms with E-state index in [1.54, 1.807) is 6.07 Å². The molecule has 0 unspecified atom stereocenters. The van der Waals surface area contributed by atoms with Crippen molar-refractivity contribution in [3.63, 3.8) is 0 Å². The largest absolute Gasteiger partial charge is 0.496 e. The average Bonchev–Trinajstić information content (AvgIpc) is 3.09.